The van der Waals surface area contributed by atoms with Crippen LogP contribution in [0.5, 0.6) is 5.75 Å². The van der Waals surface area contributed by atoms with Crippen molar-refractivity contribution in [3.63, 3.8) is 0 Å². The molecule has 0 saturated carbocycles. The van der Waals surface area contributed by atoms with E-state index in [0.29, 0.717) is 30.5 Å². The number of piperidine rings is 1. The molecule has 2 atom stereocenters. The molecule has 0 bridgehead atoms. The lowest BCUT2D eigenvalue weighted by atomic mass is 9.88. The predicted molar refractivity (Wildman–Crippen MR) is 101 cm³/mol. The number of nitrogens with zero attached hydrogens (tertiary/aromatic N) is 1. The summed E-state index contributed by atoms with van der Waals surface area (Å²) in [5.74, 6) is 0.880. The summed E-state index contributed by atoms with van der Waals surface area (Å²) in [5.41, 5.74) is 0.173. The molecule has 2 aliphatic heterocycles. The number of hydrogen-bond acceptors (Lipinski definition) is 5. The second kappa shape index (κ2) is 8.04. The van der Waals surface area contributed by atoms with Crippen molar-refractivity contribution in [3.05, 3.63) is 28.8 Å². The van der Waals surface area contributed by atoms with E-state index in [-0.39, 0.29) is 18.2 Å². The number of carbonyl (C=O) groups excluding carboxylic acids is 2. The smallest absolute Gasteiger partial charge is 0.243 e. The number of methoxy groups -OCH3 is 1. The van der Waals surface area contributed by atoms with Gasteiger partial charge in [0.2, 0.25) is 11.8 Å². The molecule has 2 aliphatic rings. The van der Waals surface area contributed by atoms with Crippen LogP contribution in [0.25, 0.3) is 0 Å². The third kappa shape index (κ3) is 4.36. The van der Waals surface area contributed by atoms with Gasteiger partial charge in [-0.3, -0.25) is 14.9 Å². The van der Waals surface area contributed by atoms with Gasteiger partial charge >= 0.3 is 0 Å². The van der Waals surface area contributed by atoms with Crippen LogP contribution in [0.15, 0.2) is 18.2 Å². The molecule has 2 unspecified atom stereocenters. The van der Waals surface area contributed by atoms with Crippen LogP contribution < -0.4 is 15.4 Å². The molecule has 148 valence electrons. The Morgan fingerprint density at radius 1 is 1.41 bits per heavy atom. The lowest BCUT2D eigenvalue weighted by molar-refractivity contribution is -0.133. The van der Waals surface area contributed by atoms with Crippen molar-refractivity contribution in [2.75, 3.05) is 20.2 Å². The van der Waals surface area contributed by atoms with Crippen LogP contribution in [-0.4, -0.2) is 53.9 Å². The summed E-state index contributed by atoms with van der Waals surface area (Å²) < 4.78 is 5.45. The molecule has 3 N–H and O–H groups in total. The minimum absolute atomic E-state index is 0.0312. The number of halogens is 1. The molecule has 1 aromatic carbocycles. The quantitative estimate of drug-likeness (QED) is 0.704. The van der Waals surface area contributed by atoms with Gasteiger partial charge in [0.15, 0.2) is 6.35 Å². The zero-order chi connectivity index (χ0) is 19.6. The average Bonchev–Trinajstić information content (AvgIpc) is 2.92. The Morgan fingerprint density at radius 3 is 2.70 bits per heavy atom. The van der Waals surface area contributed by atoms with Gasteiger partial charge in [-0.25, -0.2) is 0 Å². The largest absolute Gasteiger partial charge is 0.496 e. The maximum absolute atomic E-state index is 12.6. The Morgan fingerprint density at radius 2 is 2.11 bits per heavy atom. The third-order valence-electron chi connectivity index (χ3n) is 5.54. The topological polar surface area (TPSA) is 90.9 Å². The average molecular weight is 396 g/mol. The number of ether oxygens (including phenoxy) is 1. The first-order valence-corrected chi connectivity index (χ1v) is 9.58. The standard InChI is InChI=1S/C19H26ClN3O4/c1-19(17(25)21-18(26)22-19)8-5-16(24)23-9-6-12(7-10-23)14-11-13(20)3-4-15(14)27-2/h3-4,11-12,18,22,26H,5-10H2,1-2H3,(H,21,25). The summed E-state index contributed by atoms with van der Waals surface area (Å²) >= 11 is 6.13. The monoisotopic (exact) mass is 395 g/mol. The second-order valence-corrected chi connectivity index (χ2v) is 7.83. The van der Waals surface area contributed by atoms with Gasteiger partial charge in [0.25, 0.3) is 0 Å². The minimum Gasteiger partial charge on any atom is -0.496 e. The predicted octanol–water partition coefficient (Wildman–Crippen LogP) is 1.59. The van der Waals surface area contributed by atoms with E-state index >= 15 is 0 Å². The summed E-state index contributed by atoms with van der Waals surface area (Å²) in [7, 11) is 1.65. The Hall–Kier alpha value is -1.83. The van der Waals surface area contributed by atoms with Gasteiger partial charge in [-0.05, 0) is 55.9 Å². The van der Waals surface area contributed by atoms with Gasteiger partial charge in [-0.15, -0.1) is 0 Å². The lowest BCUT2D eigenvalue weighted by Gasteiger charge is -2.33. The van der Waals surface area contributed by atoms with Gasteiger partial charge in [0.05, 0.1) is 12.6 Å². The van der Waals surface area contributed by atoms with E-state index in [1.807, 2.05) is 23.1 Å². The summed E-state index contributed by atoms with van der Waals surface area (Å²) in [6.45, 7) is 3.03. The second-order valence-electron chi connectivity index (χ2n) is 7.39. The molecule has 0 radical (unpaired) electrons. The summed E-state index contributed by atoms with van der Waals surface area (Å²) in [6.07, 6.45) is 1.24. The number of carbonyl (C=O) groups is 2. The van der Waals surface area contributed by atoms with E-state index in [1.165, 1.54) is 0 Å². The van der Waals surface area contributed by atoms with Crippen LogP contribution in [0.1, 0.15) is 44.1 Å². The van der Waals surface area contributed by atoms with Crippen molar-refractivity contribution in [2.45, 2.75) is 50.4 Å². The van der Waals surface area contributed by atoms with Crippen LogP contribution in [0.2, 0.25) is 5.02 Å². The normalized spacial score (nSPS) is 26.1. The van der Waals surface area contributed by atoms with Crippen molar-refractivity contribution >= 4 is 23.4 Å². The number of aliphatic hydroxyl groups excluding tert-OH is 1. The summed E-state index contributed by atoms with van der Waals surface area (Å²) in [4.78, 5) is 26.3. The number of benzene rings is 1. The van der Waals surface area contributed by atoms with Gasteiger partial charge in [0.1, 0.15) is 5.75 Å². The van der Waals surface area contributed by atoms with Crippen molar-refractivity contribution in [3.8, 4) is 5.75 Å². The number of hydrogen-bond donors (Lipinski definition) is 3. The highest BCUT2D eigenvalue weighted by Gasteiger charge is 2.42. The van der Waals surface area contributed by atoms with Crippen molar-refractivity contribution in [1.29, 1.82) is 0 Å². The maximum atomic E-state index is 12.6. The highest BCUT2D eigenvalue weighted by Crippen LogP contribution is 2.36. The number of likely N-dealkylation sites (tertiary alicyclic amines) is 1. The Kier molecular flexibility index (Phi) is 5.93. The van der Waals surface area contributed by atoms with Crippen LogP contribution in [0, 0.1) is 0 Å². The fraction of sp³-hybridized carbons (Fsp3) is 0.579. The highest BCUT2D eigenvalue weighted by atomic mass is 35.5. The Labute approximate surface area is 164 Å². The molecular weight excluding hydrogens is 370 g/mol. The fourth-order valence-electron chi connectivity index (χ4n) is 3.85. The number of amides is 2. The molecule has 8 heteroatoms. The molecule has 27 heavy (non-hydrogen) atoms. The molecule has 0 aromatic heterocycles. The van der Waals surface area contributed by atoms with Gasteiger partial charge in [-0.1, -0.05) is 11.6 Å². The van der Waals surface area contributed by atoms with Crippen LogP contribution in [0.3, 0.4) is 0 Å². The van der Waals surface area contributed by atoms with Crippen LogP contribution in [-0.2, 0) is 9.59 Å². The molecule has 2 heterocycles. The van der Waals surface area contributed by atoms with Crippen LogP contribution >= 0.6 is 11.6 Å². The van der Waals surface area contributed by atoms with E-state index in [1.54, 1.807) is 14.0 Å². The van der Waals surface area contributed by atoms with E-state index in [2.05, 4.69) is 10.6 Å². The van der Waals surface area contributed by atoms with Crippen molar-refractivity contribution < 1.29 is 19.4 Å². The van der Waals surface area contributed by atoms with Gasteiger partial charge < -0.3 is 20.1 Å². The molecule has 0 spiro atoms. The summed E-state index contributed by atoms with van der Waals surface area (Å²) in [6, 6.07) is 5.64. The minimum atomic E-state index is -1.05. The van der Waals surface area contributed by atoms with Crippen LogP contribution in [0.4, 0.5) is 0 Å². The highest BCUT2D eigenvalue weighted by molar-refractivity contribution is 6.30. The molecule has 2 fully saturated rings. The molecule has 0 aliphatic carbocycles. The zero-order valence-corrected chi connectivity index (χ0v) is 16.4. The van der Waals surface area contributed by atoms with Crippen molar-refractivity contribution in [1.82, 2.24) is 15.5 Å². The van der Waals surface area contributed by atoms with Gasteiger partial charge in [0, 0.05) is 24.5 Å². The Balaban J connectivity index is 1.54. The fourth-order valence-corrected chi connectivity index (χ4v) is 4.03. The number of nitrogens with one attached hydrogen (secondary N) is 2. The first kappa shape index (κ1) is 19.9. The molecular formula is C19H26ClN3O4. The number of aliphatic hydroxyl groups is 1. The van der Waals surface area contributed by atoms with E-state index in [0.717, 1.165) is 24.2 Å². The molecule has 2 saturated heterocycles. The SMILES string of the molecule is COc1ccc(Cl)cc1C1CCN(C(=O)CCC2(C)NC(O)NC2=O)CC1. The Bertz CT molecular complexity index is 721. The number of rotatable bonds is 5. The van der Waals surface area contributed by atoms with E-state index in [9.17, 15) is 14.7 Å². The third-order valence-corrected chi connectivity index (χ3v) is 5.78. The van der Waals surface area contributed by atoms with E-state index in [4.69, 9.17) is 16.3 Å². The van der Waals surface area contributed by atoms with E-state index < -0.39 is 11.9 Å². The van der Waals surface area contributed by atoms with Gasteiger partial charge in [-0.2, -0.15) is 0 Å². The lowest BCUT2D eigenvalue weighted by Crippen LogP contribution is -2.46. The first-order chi connectivity index (χ1) is 12.8. The molecule has 2 amide bonds. The zero-order valence-electron chi connectivity index (χ0n) is 15.6. The summed E-state index contributed by atoms with van der Waals surface area (Å²) in [5, 5.41) is 15.4. The molecule has 3 rings (SSSR count). The molecule has 7 nitrogen and oxygen atoms in total. The maximum Gasteiger partial charge on any atom is 0.243 e. The van der Waals surface area contributed by atoms with Crippen molar-refractivity contribution in [2.24, 2.45) is 0 Å². The molecule has 1 aromatic rings. The first-order valence-electron chi connectivity index (χ1n) is 9.20.